The van der Waals surface area contributed by atoms with Crippen molar-refractivity contribution in [3.8, 4) is 22.6 Å². The summed E-state index contributed by atoms with van der Waals surface area (Å²) in [7, 11) is 0. The molecule has 4 aromatic rings. The number of hydrogen-bond donors (Lipinski definition) is 0. The number of aromatic nitrogens is 2. The predicted molar refractivity (Wildman–Crippen MR) is 116 cm³/mol. The SMILES string of the molecule is Cc1sc2ncn(CC(=O)c3ccc4c(c3)OCCO4)c(=O)c2c1-c1ccccc1. The van der Waals surface area contributed by atoms with Crippen molar-refractivity contribution in [1.82, 2.24) is 9.55 Å². The number of thiophene rings is 1. The number of fused-ring (bicyclic) bond motifs is 2. The minimum absolute atomic E-state index is 0.0927. The van der Waals surface area contributed by atoms with Crippen LogP contribution in [0.2, 0.25) is 0 Å². The number of ether oxygens (including phenoxy) is 2. The maximum Gasteiger partial charge on any atom is 0.263 e. The van der Waals surface area contributed by atoms with E-state index in [1.165, 1.54) is 22.2 Å². The summed E-state index contributed by atoms with van der Waals surface area (Å²) in [6.07, 6.45) is 1.45. The van der Waals surface area contributed by atoms with Gasteiger partial charge in [-0.3, -0.25) is 14.2 Å². The van der Waals surface area contributed by atoms with E-state index in [0.29, 0.717) is 40.5 Å². The van der Waals surface area contributed by atoms with E-state index in [4.69, 9.17) is 9.47 Å². The lowest BCUT2D eigenvalue weighted by Gasteiger charge is -2.18. The second-order valence-electron chi connectivity index (χ2n) is 7.04. The molecule has 0 saturated carbocycles. The highest BCUT2D eigenvalue weighted by Gasteiger charge is 2.19. The Balaban J connectivity index is 1.53. The number of nitrogens with zero attached hydrogens (tertiary/aromatic N) is 2. The Morgan fingerprint density at radius 1 is 1.10 bits per heavy atom. The van der Waals surface area contributed by atoms with Crippen molar-refractivity contribution in [3.63, 3.8) is 0 Å². The van der Waals surface area contributed by atoms with Crippen LogP contribution in [0.5, 0.6) is 11.5 Å². The Hall–Kier alpha value is -3.45. The number of benzene rings is 2. The van der Waals surface area contributed by atoms with Gasteiger partial charge in [0.1, 0.15) is 18.0 Å². The monoisotopic (exact) mass is 418 g/mol. The summed E-state index contributed by atoms with van der Waals surface area (Å²) in [5.74, 6) is 0.982. The zero-order valence-electron chi connectivity index (χ0n) is 16.3. The van der Waals surface area contributed by atoms with E-state index in [0.717, 1.165) is 16.0 Å². The van der Waals surface area contributed by atoms with Crippen LogP contribution in [0, 0.1) is 6.92 Å². The molecule has 0 saturated heterocycles. The fourth-order valence-corrected chi connectivity index (χ4v) is 4.67. The van der Waals surface area contributed by atoms with Crippen molar-refractivity contribution < 1.29 is 14.3 Å². The Labute approximate surface area is 176 Å². The van der Waals surface area contributed by atoms with Crippen LogP contribution in [0.15, 0.2) is 59.7 Å². The Morgan fingerprint density at radius 2 is 1.87 bits per heavy atom. The van der Waals surface area contributed by atoms with E-state index < -0.39 is 0 Å². The Kier molecular flexibility index (Phi) is 4.59. The zero-order chi connectivity index (χ0) is 20.7. The highest BCUT2D eigenvalue weighted by Crippen LogP contribution is 2.35. The van der Waals surface area contributed by atoms with Crippen LogP contribution in [0.1, 0.15) is 15.2 Å². The highest BCUT2D eigenvalue weighted by molar-refractivity contribution is 7.19. The first-order valence-electron chi connectivity index (χ1n) is 9.58. The quantitative estimate of drug-likeness (QED) is 0.467. The second kappa shape index (κ2) is 7.42. The molecule has 5 rings (SSSR count). The van der Waals surface area contributed by atoms with Gasteiger partial charge in [0.15, 0.2) is 17.3 Å². The van der Waals surface area contributed by atoms with E-state index in [9.17, 15) is 9.59 Å². The molecule has 0 bridgehead atoms. The van der Waals surface area contributed by atoms with Crippen molar-refractivity contribution in [1.29, 1.82) is 0 Å². The first-order chi connectivity index (χ1) is 14.6. The summed E-state index contributed by atoms with van der Waals surface area (Å²) in [5.41, 5.74) is 2.11. The molecule has 2 aromatic heterocycles. The van der Waals surface area contributed by atoms with Gasteiger partial charge in [0, 0.05) is 16.0 Å². The first kappa shape index (κ1) is 18.6. The maximum absolute atomic E-state index is 13.3. The van der Waals surface area contributed by atoms with Gasteiger partial charge in [0.05, 0.1) is 18.3 Å². The smallest absolute Gasteiger partial charge is 0.263 e. The number of rotatable bonds is 4. The summed E-state index contributed by atoms with van der Waals surface area (Å²) in [4.78, 5) is 32.3. The van der Waals surface area contributed by atoms with Gasteiger partial charge >= 0.3 is 0 Å². The molecular formula is C23H18N2O4S. The molecule has 0 unspecified atom stereocenters. The van der Waals surface area contributed by atoms with E-state index in [-0.39, 0.29) is 17.9 Å². The molecule has 2 aromatic carbocycles. The highest BCUT2D eigenvalue weighted by atomic mass is 32.1. The fraction of sp³-hybridized carbons (Fsp3) is 0.174. The van der Waals surface area contributed by atoms with Gasteiger partial charge < -0.3 is 9.47 Å². The van der Waals surface area contributed by atoms with Crippen LogP contribution in [-0.4, -0.2) is 28.5 Å². The van der Waals surface area contributed by atoms with E-state index in [2.05, 4.69) is 4.98 Å². The van der Waals surface area contributed by atoms with Crippen molar-refractivity contribution >= 4 is 27.3 Å². The third-order valence-corrected chi connectivity index (χ3v) is 6.11. The lowest BCUT2D eigenvalue weighted by Crippen LogP contribution is -2.24. The van der Waals surface area contributed by atoms with Crippen LogP contribution < -0.4 is 15.0 Å². The normalized spacial score (nSPS) is 12.8. The Morgan fingerprint density at radius 3 is 2.67 bits per heavy atom. The first-order valence-corrected chi connectivity index (χ1v) is 10.4. The van der Waals surface area contributed by atoms with Crippen LogP contribution in [0.3, 0.4) is 0 Å². The lowest BCUT2D eigenvalue weighted by molar-refractivity contribution is 0.0969. The molecule has 0 amide bonds. The van der Waals surface area contributed by atoms with Crippen LogP contribution in [-0.2, 0) is 6.54 Å². The van der Waals surface area contributed by atoms with Gasteiger partial charge in [-0.25, -0.2) is 4.98 Å². The third-order valence-electron chi connectivity index (χ3n) is 5.10. The van der Waals surface area contributed by atoms with Gasteiger partial charge in [0.2, 0.25) is 0 Å². The van der Waals surface area contributed by atoms with E-state index >= 15 is 0 Å². The van der Waals surface area contributed by atoms with Crippen molar-refractivity contribution in [2.75, 3.05) is 13.2 Å². The van der Waals surface area contributed by atoms with Crippen LogP contribution >= 0.6 is 11.3 Å². The topological polar surface area (TPSA) is 70.4 Å². The molecule has 0 radical (unpaired) electrons. The van der Waals surface area contributed by atoms with Crippen molar-refractivity contribution in [3.05, 3.63) is 75.7 Å². The molecule has 1 aliphatic heterocycles. The molecule has 6 nitrogen and oxygen atoms in total. The molecule has 1 aliphatic rings. The number of carbonyl (C=O) groups excluding carboxylic acids is 1. The molecule has 0 fully saturated rings. The lowest BCUT2D eigenvalue weighted by atomic mass is 10.0. The largest absolute Gasteiger partial charge is 0.486 e. The van der Waals surface area contributed by atoms with Crippen molar-refractivity contribution in [2.45, 2.75) is 13.5 Å². The number of hydrogen-bond acceptors (Lipinski definition) is 6. The molecule has 3 heterocycles. The van der Waals surface area contributed by atoms with Crippen LogP contribution in [0.25, 0.3) is 21.3 Å². The summed E-state index contributed by atoms with van der Waals surface area (Å²) in [5, 5.41) is 0.557. The predicted octanol–water partition coefficient (Wildman–Crippen LogP) is 4.09. The molecule has 0 N–H and O–H groups in total. The number of carbonyl (C=O) groups is 1. The van der Waals surface area contributed by atoms with Gasteiger partial charge in [-0.1, -0.05) is 30.3 Å². The van der Waals surface area contributed by atoms with Gasteiger partial charge in [0.25, 0.3) is 5.56 Å². The summed E-state index contributed by atoms with van der Waals surface area (Å²) >= 11 is 1.49. The summed E-state index contributed by atoms with van der Waals surface area (Å²) < 4.78 is 12.4. The molecule has 150 valence electrons. The van der Waals surface area contributed by atoms with E-state index in [1.54, 1.807) is 18.2 Å². The minimum atomic E-state index is -0.214. The number of ketones is 1. The average molecular weight is 418 g/mol. The Bertz CT molecular complexity index is 1320. The van der Waals surface area contributed by atoms with E-state index in [1.807, 2.05) is 37.3 Å². The molecule has 7 heteroatoms. The molecule has 0 aliphatic carbocycles. The molecular weight excluding hydrogens is 400 g/mol. The van der Waals surface area contributed by atoms with Gasteiger partial charge in [-0.05, 0) is 30.7 Å². The standard InChI is InChI=1S/C23H18N2O4S/c1-14-20(15-5-3-2-4-6-15)21-22(30-14)24-13-25(23(21)27)12-17(26)16-7-8-18-19(11-16)29-10-9-28-18/h2-8,11,13H,9-10,12H2,1H3. The second-order valence-corrected chi connectivity index (χ2v) is 8.24. The minimum Gasteiger partial charge on any atom is -0.486 e. The molecule has 30 heavy (non-hydrogen) atoms. The summed E-state index contributed by atoms with van der Waals surface area (Å²) in [6.45, 7) is 2.83. The van der Waals surface area contributed by atoms with Crippen molar-refractivity contribution in [2.24, 2.45) is 0 Å². The third kappa shape index (κ3) is 3.17. The average Bonchev–Trinajstić information content (AvgIpc) is 3.12. The number of Topliss-reactive ketones (excluding diaryl/α,β-unsaturated/α-hetero) is 1. The number of aryl methyl sites for hydroxylation is 1. The molecule has 0 atom stereocenters. The van der Waals surface area contributed by atoms with Gasteiger partial charge in [-0.2, -0.15) is 0 Å². The van der Waals surface area contributed by atoms with Gasteiger partial charge in [-0.15, -0.1) is 11.3 Å². The summed E-state index contributed by atoms with van der Waals surface area (Å²) in [6, 6.07) is 14.9. The molecule has 0 spiro atoms. The maximum atomic E-state index is 13.3. The van der Waals surface area contributed by atoms with Crippen LogP contribution in [0.4, 0.5) is 0 Å². The fourth-order valence-electron chi connectivity index (χ4n) is 3.67. The zero-order valence-corrected chi connectivity index (χ0v) is 17.1.